The molecule has 0 unspecified atom stereocenters. The van der Waals surface area contributed by atoms with Crippen LogP contribution >= 0.6 is 0 Å². The summed E-state index contributed by atoms with van der Waals surface area (Å²) >= 11 is 0. The van der Waals surface area contributed by atoms with E-state index in [1.165, 1.54) is 6.42 Å². The summed E-state index contributed by atoms with van der Waals surface area (Å²) in [5, 5.41) is 11.2. The summed E-state index contributed by atoms with van der Waals surface area (Å²) in [5.74, 6) is 0.986. The molecule has 5 heteroatoms. The van der Waals surface area contributed by atoms with E-state index in [4.69, 9.17) is 4.74 Å². The number of piperidine rings is 1. The van der Waals surface area contributed by atoms with Crippen LogP contribution in [0.5, 0.6) is 5.75 Å². The first-order chi connectivity index (χ1) is 12.0. The molecule has 0 saturated carbocycles. The Morgan fingerprint density at radius 2 is 1.84 bits per heavy atom. The number of amides is 1. The Hall–Kier alpha value is -1.59. The second-order valence-electron chi connectivity index (χ2n) is 7.45. The predicted molar refractivity (Wildman–Crippen MR) is 97.6 cm³/mol. The third-order valence-corrected chi connectivity index (χ3v) is 5.73. The first-order valence-electron chi connectivity index (χ1n) is 9.41. The molecular weight excluding hydrogens is 316 g/mol. The zero-order valence-corrected chi connectivity index (χ0v) is 15.4. The average molecular weight is 346 g/mol. The molecule has 0 radical (unpaired) electrons. The second-order valence-corrected chi connectivity index (χ2v) is 7.45. The molecule has 0 aliphatic carbocycles. The van der Waals surface area contributed by atoms with Gasteiger partial charge in [-0.05, 0) is 63.3 Å². The van der Waals surface area contributed by atoms with Crippen LogP contribution < -0.4 is 4.74 Å². The van der Waals surface area contributed by atoms with Crippen LogP contribution in [-0.2, 0) is 10.4 Å². The predicted octanol–water partition coefficient (Wildman–Crippen LogP) is 2.38. The van der Waals surface area contributed by atoms with Crippen LogP contribution in [-0.4, -0.2) is 60.1 Å². The van der Waals surface area contributed by atoms with Gasteiger partial charge in [0, 0.05) is 19.1 Å². The molecule has 2 aliphatic rings. The van der Waals surface area contributed by atoms with E-state index in [0.717, 1.165) is 56.6 Å². The summed E-state index contributed by atoms with van der Waals surface area (Å²) in [5.41, 5.74) is -0.110. The summed E-state index contributed by atoms with van der Waals surface area (Å²) in [6, 6.07) is 7.56. The quantitative estimate of drug-likeness (QED) is 0.889. The van der Waals surface area contributed by atoms with E-state index in [-0.39, 0.29) is 11.9 Å². The number of benzene rings is 1. The average Bonchev–Trinajstić information content (AvgIpc) is 3.11. The molecule has 1 aromatic rings. The number of hydrogen-bond donors (Lipinski definition) is 1. The maximum absolute atomic E-state index is 12.6. The number of nitrogens with zero attached hydrogens (tertiary/aromatic N) is 2. The Balaban J connectivity index is 1.69. The molecule has 2 atom stereocenters. The zero-order chi connectivity index (χ0) is 17.9. The van der Waals surface area contributed by atoms with Gasteiger partial charge < -0.3 is 14.7 Å². The Labute approximate surface area is 150 Å². The minimum Gasteiger partial charge on any atom is -0.497 e. The van der Waals surface area contributed by atoms with Gasteiger partial charge in [0.2, 0.25) is 5.91 Å². The zero-order valence-electron chi connectivity index (χ0n) is 15.4. The normalized spacial score (nSPS) is 24.1. The summed E-state index contributed by atoms with van der Waals surface area (Å²) < 4.78 is 5.21. The van der Waals surface area contributed by atoms with Crippen LogP contribution in [0.25, 0.3) is 0 Å². The maximum Gasteiger partial charge on any atom is 0.236 e. The summed E-state index contributed by atoms with van der Waals surface area (Å²) in [6.45, 7) is 4.91. The smallest absolute Gasteiger partial charge is 0.236 e. The Morgan fingerprint density at radius 3 is 2.48 bits per heavy atom. The molecule has 1 amide bonds. The highest BCUT2D eigenvalue weighted by Crippen LogP contribution is 2.35. The van der Waals surface area contributed by atoms with Crippen molar-refractivity contribution in [1.82, 2.24) is 9.80 Å². The third kappa shape index (κ3) is 3.98. The maximum atomic E-state index is 12.6. The summed E-state index contributed by atoms with van der Waals surface area (Å²) in [7, 11) is 1.64. The van der Waals surface area contributed by atoms with E-state index in [0.29, 0.717) is 6.54 Å². The number of likely N-dealkylation sites (tertiary alicyclic amines) is 2. The van der Waals surface area contributed by atoms with Crippen molar-refractivity contribution in [3.05, 3.63) is 29.8 Å². The van der Waals surface area contributed by atoms with Crippen molar-refractivity contribution < 1.29 is 14.6 Å². The van der Waals surface area contributed by atoms with Crippen molar-refractivity contribution in [2.24, 2.45) is 0 Å². The molecule has 0 aromatic heterocycles. The highest BCUT2D eigenvalue weighted by atomic mass is 16.5. The van der Waals surface area contributed by atoms with Crippen LogP contribution in [0.1, 0.15) is 44.6 Å². The molecule has 2 saturated heterocycles. The number of hydrogen-bond acceptors (Lipinski definition) is 4. The fraction of sp³-hybridized carbons (Fsp3) is 0.650. The van der Waals surface area contributed by atoms with Crippen molar-refractivity contribution in [3.8, 4) is 5.75 Å². The topological polar surface area (TPSA) is 53.0 Å². The van der Waals surface area contributed by atoms with Crippen LogP contribution in [0.4, 0.5) is 0 Å². The molecule has 0 spiro atoms. The van der Waals surface area contributed by atoms with Crippen LogP contribution in [0, 0.1) is 0 Å². The first kappa shape index (κ1) is 18.2. The fourth-order valence-electron chi connectivity index (χ4n) is 4.19. The van der Waals surface area contributed by atoms with Gasteiger partial charge in [-0.3, -0.25) is 9.69 Å². The van der Waals surface area contributed by atoms with Gasteiger partial charge in [0.25, 0.3) is 0 Å². The van der Waals surface area contributed by atoms with Gasteiger partial charge in [0.1, 0.15) is 11.4 Å². The van der Waals surface area contributed by atoms with Gasteiger partial charge in [-0.1, -0.05) is 12.1 Å². The number of rotatable bonds is 5. The highest BCUT2D eigenvalue weighted by Gasteiger charge is 2.41. The molecule has 138 valence electrons. The molecule has 2 aliphatic heterocycles. The molecule has 2 fully saturated rings. The standard InChI is InChI=1S/C20H30N2O3/c1-20(24,16-8-10-17(25-2)11-9-16)18-7-6-14-22(18)15-19(23)21-12-4-3-5-13-21/h8-11,18,24H,3-7,12-15H2,1-2H3/t18-,20+/m1/s1. The van der Waals surface area contributed by atoms with Gasteiger partial charge >= 0.3 is 0 Å². The van der Waals surface area contributed by atoms with Crippen molar-refractivity contribution >= 4 is 5.91 Å². The first-order valence-corrected chi connectivity index (χ1v) is 9.41. The SMILES string of the molecule is COc1ccc([C@](C)(O)[C@H]2CCCN2CC(=O)N2CCCCC2)cc1. The molecule has 25 heavy (non-hydrogen) atoms. The Morgan fingerprint density at radius 1 is 1.16 bits per heavy atom. The Kier molecular flexibility index (Phi) is 5.64. The molecule has 1 aromatic carbocycles. The van der Waals surface area contributed by atoms with E-state index in [1.54, 1.807) is 7.11 Å². The van der Waals surface area contributed by atoms with E-state index in [9.17, 15) is 9.90 Å². The van der Waals surface area contributed by atoms with Crippen LogP contribution in [0.3, 0.4) is 0 Å². The van der Waals surface area contributed by atoms with Gasteiger partial charge in [-0.15, -0.1) is 0 Å². The number of carbonyl (C=O) groups is 1. The van der Waals surface area contributed by atoms with E-state index < -0.39 is 5.60 Å². The molecule has 3 rings (SSSR count). The number of carbonyl (C=O) groups excluding carboxylic acids is 1. The largest absolute Gasteiger partial charge is 0.497 e. The monoisotopic (exact) mass is 346 g/mol. The van der Waals surface area contributed by atoms with E-state index in [1.807, 2.05) is 36.1 Å². The van der Waals surface area contributed by atoms with Gasteiger partial charge in [-0.2, -0.15) is 0 Å². The lowest BCUT2D eigenvalue weighted by Gasteiger charge is -2.38. The lowest BCUT2D eigenvalue weighted by Crippen LogP contribution is -2.50. The van der Waals surface area contributed by atoms with Gasteiger partial charge in [0.15, 0.2) is 0 Å². The minimum atomic E-state index is -0.981. The minimum absolute atomic E-state index is 0.0327. The van der Waals surface area contributed by atoms with E-state index >= 15 is 0 Å². The number of aliphatic hydroxyl groups is 1. The molecule has 5 nitrogen and oxygen atoms in total. The van der Waals surface area contributed by atoms with Crippen molar-refractivity contribution in [1.29, 1.82) is 0 Å². The third-order valence-electron chi connectivity index (χ3n) is 5.73. The summed E-state index contributed by atoms with van der Waals surface area (Å²) in [4.78, 5) is 16.8. The van der Waals surface area contributed by atoms with Gasteiger partial charge in [0.05, 0.1) is 13.7 Å². The molecular formula is C20H30N2O3. The molecule has 0 bridgehead atoms. The van der Waals surface area contributed by atoms with Crippen LogP contribution in [0.2, 0.25) is 0 Å². The Bertz CT molecular complexity index is 579. The highest BCUT2D eigenvalue weighted by molar-refractivity contribution is 5.78. The van der Waals surface area contributed by atoms with Crippen LogP contribution in [0.15, 0.2) is 24.3 Å². The number of methoxy groups -OCH3 is 1. The van der Waals surface area contributed by atoms with Crippen molar-refractivity contribution in [3.63, 3.8) is 0 Å². The lowest BCUT2D eigenvalue weighted by molar-refractivity contribution is -0.134. The van der Waals surface area contributed by atoms with Crippen molar-refractivity contribution in [2.45, 2.75) is 50.7 Å². The lowest BCUT2D eigenvalue weighted by atomic mass is 9.86. The fourth-order valence-corrected chi connectivity index (χ4v) is 4.19. The summed E-state index contributed by atoms with van der Waals surface area (Å²) in [6.07, 6.45) is 5.37. The van der Waals surface area contributed by atoms with Gasteiger partial charge in [-0.25, -0.2) is 0 Å². The van der Waals surface area contributed by atoms with Crippen molar-refractivity contribution in [2.75, 3.05) is 33.3 Å². The van der Waals surface area contributed by atoms with E-state index in [2.05, 4.69) is 4.90 Å². The molecule has 1 N–H and O–H groups in total. The molecule has 2 heterocycles. The second kappa shape index (κ2) is 7.75. The number of ether oxygens (including phenoxy) is 1.